The Balaban J connectivity index is 2.01. The minimum absolute atomic E-state index is 0.280. The molecule has 3 heterocycles. The van der Waals surface area contributed by atoms with Crippen molar-refractivity contribution >= 4 is 25.3 Å². The van der Waals surface area contributed by atoms with E-state index in [4.69, 9.17) is 14.9 Å². The molecule has 0 unspecified atom stereocenters. The number of hydrogen-bond donors (Lipinski definition) is 3. The summed E-state index contributed by atoms with van der Waals surface area (Å²) in [4.78, 5) is 12.5. The number of rotatable bonds is 7. The SMILES string of the molecule is CC[Si](CC)(CC)O[C@@H]1[C@H](O)[C@@H](CO)O[C@H]1n1cnc2c(N)ncnc21. The smallest absolute Gasteiger partial charge is 0.192 e. The van der Waals surface area contributed by atoms with Crippen molar-refractivity contribution in [1.82, 2.24) is 19.5 Å². The Bertz CT molecular complexity index is 745. The van der Waals surface area contributed by atoms with E-state index in [1.807, 2.05) is 0 Å². The predicted molar refractivity (Wildman–Crippen MR) is 98.8 cm³/mol. The number of aliphatic hydroxyl groups is 2. The van der Waals surface area contributed by atoms with Crippen LogP contribution in [0.3, 0.4) is 0 Å². The monoisotopic (exact) mass is 381 g/mol. The van der Waals surface area contributed by atoms with Gasteiger partial charge in [-0.2, -0.15) is 0 Å². The standard InChI is InChI=1S/C16H27N5O4Si/c1-4-26(5-2,6-3)25-13-12(23)10(7-22)24-16(13)21-9-20-11-14(17)18-8-19-15(11)21/h8-10,12-13,16,22-23H,4-7H2,1-3H3,(H2,17,18,19)/t10-,12-,13-,16-/m1/s1. The molecule has 9 nitrogen and oxygen atoms in total. The Labute approximate surface area is 153 Å². The van der Waals surface area contributed by atoms with Gasteiger partial charge in [0.1, 0.15) is 30.2 Å². The number of aromatic nitrogens is 4. The predicted octanol–water partition coefficient (Wildman–Crippen LogP) is 1.05. The van der Waals surface area contributed by atoms with E-state index < -0.39 is 32.9 Å². The summed E-state index contributed by atoms with van der Waals surface area (Å²) >= 11 is 0. The van der Waals surface area contributed by atoms with E-state index in [-0.39, 0.29) is 12.4 Å². The van der Waals surface area contributed by atoms with Crippen LogP contribution >= 0.6 is 0 Å². The molecule has 4 N–H and O–H groups in total. The highest BCUT2D eigenvalue weighted by molar-refractivity contribution is 6.73. The average Bonchev–Trinajstić information content (AvgIpc) is 3.22. The van der Waals surface area contributed by atoms with E-state index in [9.17, 15) is 10.2 Å². The number of nitrogens with zero attached hydrogens (tertiary/aromatic N) is 4. The maximum atomic E-state index is 10.7. The molecule has 0 aliphatic carbocycles. The number of nitrogens with two attached hydrogens (primary N) is 1. The zero-order valence-corrected chi connectivity index (χ0v) is 16.4. The Morgan fingerprint density at radius 2 is 1.92 bits per heavy atom. The summed E-state index contributed by atoms with van der Waals surface area (Å²) in [6.07, 6.45) is 0.0300. The number of nitrogen functional groups attached to an aromatic ring is 1. The molecule has 10 heteroatoms. The van der Waals surface area contributed by atoms with Crippen molar-refractivity contribution in [3.05, 3.63) is 12.7 Å². The molecule has 0 saturated carbocycles. The second-order valence-electron chi connectivity index (χ2n) is 6.65. The molecule has 0 bridgehead atoms. The second-order valence-corrected chi connectivity index (χ2v) is 11.4. The van der Waals surface area contributed by atoms with Crippen LogP contribution in [-0.4, -0.2) is 63.0 Å². The van der Waals surface area contributed by atoms with E-state index in [1.54, 1.807) is 10.9 Å². The van der Waals surface area contributed by atoms with Crippen molar-refractivity contribution in [2.45, 2.75) is 63.4 Å². The third-order valence-electron chi connectivity index (χ3n) is 5.47. The summed E-state index contributed by atoms with van der Waals surface area (Å²) in [5.41, 5.74) is 6.85. The molecule has 1 fully saturated rings. The summed E-state index contributed by atoms with van der Waals surface area (Å²) in [5.74, 6) is 0.280. The van der Waals surface area contributed by atoms with Gasteiger partial charge < -0.3 is 25.1 Å². The van der Waals surface area contributed by atoms with Gasteiger partial charge in [-0.1, -0.05) is 20.8 Å². The summed E-state index contributed by atoms with van der Waals surface area (Å²) in [6, 6.07) is 2.83. The summed E-state index contributed by atoms with van der Waals surface area (Å²) in [5, 5.41) is 20.3. The van der Waals surface area contributed by atoms with Gasteiger partial charge >= 0.3 is 0 Å². The Hall–Kier alpha value is -1.59. The lowest BCUT2D eigenvalue weighted by molar-refractivity contribution is -0.0495. The third kappa shape index (κ3) is 3.12. The summed E-state index contributed by atoms with van der Waals surface area (Å²) in [7, 11) is -2.01. The fourth-order valence-electron chi connectivity index (χ4n) is 3.57. The maximum Gasteiger partial charge on any atom is 0.192 e. The zero-order valence-electron chi connectivity index (χ0n) is 15.4. The van der Waals surface area contributed by atoms with Crippen LogP contribution in [0.5, 0.6) is 0 Å². The van der Waals surface area contributed by atoms with Crippen LogP contribution in [0.2, 0.25) is 18.1 Å². The fourth-order valence-corrected chi connectivity index (χ4v) is 6.40. The number of anilines is 1. The largest absolute Gasteiger partial charge is 0.407 e. The first-order valence-electron chi connectivity index (χ1n) is 9.05. The van der Waals surface area contributed by atoms with Crippen LogP contribution in [-0.2, 0) is 9.16 Å². The van der Waals surface area contributed by atoms with Crippen molar-refractivity contribution in [2.24, 2.45) is 0 Å². The first kappa shape index (κ1) is 19.2. The highest BCUT2D eigenvalue weighted by atomic mass is 28.4. The molecule has 0 spiro atoms. The number of ether oxygens (including phenoxy) is 1. The van der Waals surface area contributed by atoms with E-state index in [2.05, 4.69) is 35.7 Å². The Morgan fingerprint density at radius 1 is 1.23 bits per heavy atom. The normalized spacial score (nSPS) is 26.7. The van der Waals surface area contributed by atoms with Gasteiger partial charge in [-0.25, -0.2) is 15.0 Å². The van der Waals surface area contributed by atoms with Gasteiger partial charge in [-0.05, 0) is 18.1 Å². The number of fused-ring (bicyclic) bond motifs is 1. The fraction of sp³-hybridized carbons (Fsp3) is 0.688. The van der Waals surface area contributed by atoms with E-state index in [0.29, 0.717) is 11.2 Å². The van der Waals surface area contributed by atoms with Crippen molar-refractivity contribution < 1.29 is 19.4 Å². The average molecular weight is 382 g/mol. The topological polar surface area (TPSA) is 129 Å². The van der Waals surface area contributed by atoms with Crippen molar-refractivity contribution in [3.8, 4) is 0 Å². The quantitative estimate of drug-likeness (QED) is 0.607. The van der Waals surface area contributed by atoms with Crippen LogP contribution < -0.4 is 5.73 Å². The first-order chi connectivity index (χ1) is 12.5. The third-order valence-corrected chi connectivity index (χ3v) is 10.1. The molecule has 4 atom stereocenters. The van der Waals surface area contributed by atoms with Crippen LogP contribution in [0.25, 0.3) is 11.2 Å². The van der Waals surface area contributed by atoms with E-state index >= 15 is 0 Å². The summed E-state index contributed by atoms with van der Waals surface area (Å²) in [6.45, 7) is 6.08. The van der Waals surface area contributed by atoms with Crippen LogP contribution in [0.1, 0.15) is 27.0 Å². The molecular formula is C16H27N5O4Si. The molecule has 2 aromatic heterocycles. The van der Waals surface area contributed by atoms with Crippen LogP contribution in [0.15, 0.2) is 12.7 Å². The van der Waals surface area contributed by atoms with Crippen LogP contribution in [0, 0.1) is 0 Å². The van der Waals surface area contributed by atoms with Gasteiger partial charge in [0, 0.05) is 0 Å². The molecule has 26 heavy (non-hydrogen) atoms. The Kier molecular flexibility index (Phi) is 5.58. The molecule has 1 aliphatic rings. The molecule has 3 rings (SSSR count). The molecule has 0 amide bonds. The molecule has 144 valence electrons. The van der Waals surface area contributed by atoms with Gasteiger partial charge in [0.15, 0.2) is 26.0 Å². The zero-order chi connectivity index (χ0) is 18.9. The van der Waals surface area contributed by atoms with Gasteiger partial charge in [0.05, 0.1) is 12.9 Å². The van der Waals surface area contributed by atoms with E-state index in [0.717, 1.165) is 18.1 Å². The van der Waals surface area contributed by atoms with Crippen molar-refractivity contribution in [1.29, 1.82) is 0 Å². The van der Waals surface area contributed by atoms with Gasteiger partial charge in [0.2, 0.25) is 0 Å². The molecule has 2 aromatic rings. The maximum absolute atomic E-state index is 10.7. The lowest BCUT2D eigenvalue weighted by Crippen LogP contribution is -2.46. The highest BCUT2D eigenvalue weighted by Crippen LogP contribution is 2.37. The van der Waals surface area contributed by atoms with Gasteiger partial charge in [-0.3, -0.25) is 4.57 Å². The van der Waals surface area contributed by atoms with E-state index in [1.165, 1.54) is 6.33 Å². The lowest BCUT2D eigenvalue weighted by Gasteiger charge is -2.34. The van der Waals surface area contributed by atoms with Crippen molar-refractivity contribution in [3.63, 3.8) is 0 Å². The van der Waals surface area contributed by atoms with Crippen LogP contribution in [0.4, 0.5) is 5.82 Å². The molecule has 1 saturated heterocycles. The summed E-state index contributed by atoms with van der Waals surface area (Å²) < 4.78 is 14.2. The lowest BCUT2D eigenvalue weighted by atomic mass is 10.1. The van der Waals surface area contributed by atoms with Crippen molar-refractivity contribution in [2.75, 3.05) is 12.3 Å². The molecule has 1 aliphatic heterocycles. The highest BCUT2D eigenvalue weighted by Gasteiger charge is 2.49. The first-order valence-corrected chi connectivity index (χ1v) is 11.6. The minimum atomic E-state index is -2.01. The number of aliphatic hydroxyl groups excluding tert-OH is 2. The number of hydrogen-bond acceptors (Lipinski definition) is 8. The van der Waals surface area contributed by atoms with Gasteiger partial charge in [-0.15, -0.1) is 0 Å². The second kappa shape index (κ2) is 7.57. The molecular weight excluding hydrogens is 354 g/mol. The Morgan fingerprint density at radius 3 is 2.54 bits per heavy atom. The molecule has 0 radical (unpaired) electrons. The molecule has 0 aromatic carbocycles. The number of imidazole rings is 1. The minimum Gasteiger partial charge on any atom is -0.407 e. The van der Waals surface area contributed by atoms with Gasteiger partial charge in [0.25, 0.3) is 0 Å².